The number of hydrogen-bond donors (Lipinski definition) is 2. The highest BCUT2D eigenvalue weighted by atomic mass is 32.2. The van der Waals surface area contributed by atoms with Crippen LogP contribution in [0.25, 0.3) is 11.4 Å². The average Bonchev–Trinajstić information content (AvgIpc) is 2.95. The zero-order valence-electron chi connectivity index (χ0n) is 19.7. The fourth-order valence-corrected chi connectivity index (χ4v) is 6.38. The number of carbonyl (C=O) groups is 1. The first-order chi connectivity index (χ1) is 15.6. The number of urea groups is 1. The second kappa shape index (κ2) is 8.57. The number of carbonyl (C=O) groups excluding carboxylic acids is 1. The molecule has 0 aliphatic carbocycles. The first-order valence-electron chi connectivity index (χ1n) is 11.2. The topological polar surface area (TPSA) is 114 Å². The number of amides is 2. The Morgan fingerprint density at radius 3 is 2.58 bits per heavy atom. The van der Waals surface area contributed by atoms with Gasteiger partial charge in [0.2, 0.25) is 0 Å². The molecule has 0 saturated carbocycles. The molecule has 0 spiro atoms. The summed E-state index contributed by atoms with van der Waals surface area (Å²) < 4.78 is 31.2. The number of benzene rings is 1. The Kier molecular flexibility index (Phi) is 6.09. The highest BCUT2D eigenvalue weighted by molar-refractivity contribution is 7.92. The molecule has 10 heteroatoms. The van der Waals surface area contributed by atoms with Gasteiger partial charge in [0.15, 0.2) is 15.7 Å². The summed E-state index contributed by atoms with van der Waals surface area (Å²) in [4.78, 5) is 23.5. The van der Waals surface area contributed by atoms with Crippen molar-refractivity contribution in [2.75, 3.05) is 37.0 Å². The molecule has 1 aromatic carbocycles. The number of hydrogen-bond acceptors (Lipinski definition) is 7. The fourth-order valence-electron chi connectivity index (χ4n) is 4.54. The Balaban J connectivity index is 1.86. The second-order valence-corrected chi connectivity index (χ2v) is 11.8. The first kappa shape index (κ1) is 23.4. The van der Waals surface area contributed by atoms with Crippen LogP contribution < -0.4 is 15.5 Å². The van der Waals surface area contributed by atoms with Crippen LogP contribution in [0.3, 0.4) is 0 Å². The van der Waals surface area contributed by atoms with E-state index in [2.05, 4.69) is 22.5 Å². The maximum Gasteiger partial charge on any atom is 0.318 e. The average molecular weight is 474 g/mol. The van der Waals surface area contributed by atoms with Crippen LogP contribution in [0.2, 0.25) is 0 Å². The molecule has 2 N–H and O–H groups in total. The van der Waals surface area contributed by atoms with E-state index in [1.165, 1.54) is 0 Å². The number of rotatable bonds is 4. The van der Waals surface area contributed by atoms with Crippen LogP contribution in [0.5, 0.6) is 0 Å². The number of nitrogens with zero attached hydrogens (tertiary/aromatic N) is 3. The molecule has 3 heterocycles. The van der Waals surface area contributed by atoms with Crippen LogP contribution >= 0.6 is 0 Å². The number of fused-ring (bicyclic) bond motifs is 1. The standard InChI is InChI=1S/C23H31N5O4S/c1-6-17-13-32-12-11-28(17)21-18-14(2)33(30,31)23(3,4)19(18)26-20(27-21)15-7-9-16(10-8-15)25-22(29)24-5/h7-10,14,17H,6,11-13H2,1-5H3,(H2,24,25,29)/t14?,17-/m0/s1. The van der Waals surface area contributed by atoms with E-state index in [1.54, 1.807) is 40.0 Å². The van der Waals surface area contributed by atoms with Crippen molar-refractivity contribution in [1.29, 1.82) is 0 Å². The molecule has 4 rings (SSSR count). The van der Waals surface area contributed by atoms with Crippen molar-refractivity contribution in [1.82, 2.24) is 15.3 Å². The van der Waals surface area contributed by atoms with Crippen molar-refractivity contribution in [3.05, 3.63) is 35.5 Å². The predicted molar refractivity (Wildman–Crippen MR) is 128 cm³/mol. The minimum Gasteiger partial charge on any atom is -0.377 e. The van der Waals surface area contributed by atoms with Crippen LogP contribution in [-0.2, 0) is 19.3 Å². The van der Waals surface area contributed by atoms with Crippen LogP contribution in [-0.4, -0.2) is 57.3 Å². The van der Waals surface area contributed by atoms with Gasteiger partial charge in [-0.3, -0.25) is 0 Å². The largest absolute Gasteiger partial charge is 0.377 e. The molecule has 2 aliphatic rings. The molecule has 2 aliphatic heterocycles. The second-order valence-electron chi connectivity index (χ2n) is 8.94. The SMILES string of the molecule is CC[C@H]1COCCN1c1nc(-c2ccc(NC(=O)NC)cc2)nc2c1C(C)S(=O)(=O)C2(C)C. The number of morpholine rings is 1. The molecule has 9 nitrogen and oxygen atoms in total. The minimum absolute atomic E-state index is 0.114. The minimum atomic E-state index is -3.48. The molecule has 0 radical (unpaired) electrons. The molecular formula is C23H31N5O4S. The molecule has 1 fully saturated rings. The summed E-state index contributed by atoms with van der Waals surface area (Å²) in [6, 6.07) is 7.01. The zero-order valence-corrected chi connectivity index (χ0v) is 20.5. The van der Waals surface area contributed by atoms with Gasteiger partial charge in [-0.25, -0.2) is 23.2 Å². The van der Waals surface area contributed by atoms with Gasteiger partial charge in [0.1, 0.15) is 10.6 Å². The molecule has 2 atom stereocenters. The van der Waals surface area contributed by atoms with Gasteiger partial charge < -0.3 is 20.3 Å². The van der Waals surface area contributed by atoms with Crippen molar-refractivity contribution in [2.24, 2.45) is 0 Å². The number of sulfone groups is 1. The monoisotopic (exact) mass is 473 g/mol. The molecular weight excluding hydrogens is 442 g/mol. The maximum absolute atomic E-state index is 13.3. The lowest BCUT2D eigenvalue weighted by Gasteiger charge is -2.37. The summed E-state index contributed by atoms with van der Waals surface area (Å²) >= 11 is 0. The Labute approximate surface area is 194 Å². The Hall–Kier alpha value is -2.72. The van der Waals surface area contributed by atoms with Crippen molar-refractivity contribution in [3.8, 4) is 11.4 Å². The highest BCUT2D eigenvalue weighted by Crippen LogP contribution is 2.51. The summed E-state index contributed by atoms with van der Waals surface area (Å²) in [7, 11) is -1.93. The third-order valence-corrected chi connectivity index (χ3v) is 9.46. The summed E-state index contributed by atoms with van der Waals surface area (Å²) in [5.41, 5.74) is 2.64. The Bertz CT molecular complexity index is 1160. The first-order valence-corrected chi connectivity index (χ1v) is 12.8. The van der Waals surface area contributed by atoms with E-state index in [4.69, 9.17) is 14.7 Å². The number of ether oxygens (including phenoxy) is 1. The van der Waals surface area contributed by atoms with Gasteiger partial charge in [-0.05, 0) is 51.5 Å². The van der Waals surface area contributed by atoms with Gasteiger partial charge in [0.05, 0.1) is 30.2 Å². The molecule has 2 aromatic rings. The summed E-state index contributed by atoms with van der Waals surface area (Å²) in [6.07, 6.45) is 0.860. The van der Waals surface area contributed by atoms with Gasteiger partial charge in [-0.1, -0.05) is 6.92 Å². The molecule has 0 bridgehead atoms. The van der Waals surface area contributed by atoms with Crippen LogP contribution in [0.1, 0.15) is 50.6 Å². The smallest absolute Gasteiger partial charge is 0.318 e. The van der Waals surface area contributed by atoms with E-state index in [9.17, 15) is 13.2 Å². The lowest BCUT2D eigenvalue weighted by molar-refractivity contribution is 0.0924. The number of nitrogens with one attached hydrogen (secondary N) is 2. The van der Waals surface area contributed by atoms with Crippen LogP contribution in [0.4, 0.5) is 16.3 Å². The van der Waals surface area contributed by atoms with Gasteiger partial charge in [-0.15, -0.1) is 0 Å². The number of aromatic nitrogens is 2. The predicted octanol–water partition coefficient (Wildman–Crippen LogP) is 3.23. The Morgan fingerprint density at radius 1 is 1.24 bits per heavy atom. The lowest BCUT2D eigenvalue weighted by Crippen LogP contribution is -2.46. The summed E-state index contributed by atoms with van der Waals surface area (Å²) in [5.74, 6) is 1.15. The molecule has 178 valence electrons. The van der Waals surface area contributed by atoms with E-state index < -0.39 is 19.8 Å². The van der Waals surface area contributed by atoms with Crippen molar-refractivity contribution in [2.45, 2.75) is 50.2 Å². The summed E-state index contributed by atoms with van der Waals surface area (Å²) in [5, 5.41) is 4.55. The lowest BCUT2D eigenvalue weighted by atomic mass is 10.00. The van der Waals surface area contributed by atoms with Crippen LogP contribution in [0, 0.1) is 0 Å². The van der Waals surface area contributed by atoms with Crippen molar-refractivity contribution >= 4 is 27.4 Å². The van der Waals surface area contributed by atoms with E-state index in [-0.39, 0.29) is 12.1 Å². The molecule has 1 unspecified atom stereocenters. The number of anilines is 2. The van der Waals surface area contributed by atoms with E-state index in [0.717, 1.165) is 12.0 Å². The third-order valence-electron chi connectivity index (χ3n) is 6.68. The van der Waals surface area contributed by atoms with Gasteiger partial charge >= 0.3 is 6.03 Å². The van der Waals surface area contributed by atoms with Gasteiger partial charge in [0, 0.05) is 30.4 Å². The van der Waals surface area contributed by atoms with Gasteiger partial charge in [0.25, 0.3) is 0 Å². The third kappa shape index (κ3) is 3.85. The zero-order chi connectivity index (χ0) is 24.0. The molecule has 1 aromatic heterocycles. The van der Waals surface area contributed by atoms with E-state index >= 15 is 0 Å². The quantitative estimate of drug-likeness (QED) is 0.701. The maximum atomic E-state index is 13.3. The fraction of sp³-hybridized carbons (Fsp3) is 0.522. The molecule has 2 amide bonds. The molecule has 33 heavy (non-hydrogen) atoms. The summed E-state index contributed by atoms with van der Waals surface area (Å²) in [6.45, 7) is 9.05. The normalized spacial score (nSPS) is 23.1. The van der Waals surface area contributed by atoms with E-state index in [0.29, 0.717) is 48.3 Å². The van der Waals surface area contributed by atoms with Gasteiger partial charge in [-0.2, -0.15) is 0 Å². The Morgan fingerprint density at radius 2 is 1.94 bits per heavy atom. The highest BCUT2D eigenvalue weighted by Gasteiger charge is 2.53. The van der Waals surface area contributed by atoms with Crippen molar-refractivity contribution in [3.63, 3.8) is 0 Å². The van der Waals surface area contributed by atoms with Crippen LogP contribution in [0.15, 0.2) is 24.3 Å². The molecule has 1 saturated heterocycles. The van der Waals surface area contributed by atoms with Crippen molar-refractivity contribution < 1.29 is 17.9 Å². The van der Waals surface area contributed by atoms with E-state index in [1.807, 2.05) is 12.1 Å².